The molecule has 134 valence electrons. The molecule has 0 bridgehead atoms. The standard InChI is InChI=1S/C22H23FN2O/c1-24-11-3-4-16(14-24)12-17-15-25(19-7-5-18(23)6-8-19)22-10-9-20(26-2)13-21(17)22/h4-10,13,15H,3,11-12,14H2,1-2H3. The summed E-state index contributed by atoms with van der Waals surface area (Å²) in [6, 6.07) is 12.8. The molecular weight excluding hydrogens is 327 g/mol. The molecule has 0 atom stereocenters. The van der Waals surface area contributed by atoms with Crippen molar-refractivity contribution in [2.24, 2.45) is 0 Å². The molecule has 4 heteroatoms. The van der Waals surface area contributed by atoms with E-state index in [1.165, 1.54) is 28.7 Å². The Morgan fingerprint density at radius 2 is 1.92 bits per heavy atom. The maximum Gasteiger partial charge on any atom is 0.123 e. The van der Waals surface area contributed by atoms with E-state index in [9.17, 15) is 4.39 Å². The van der Waals surface area contributed by atoms with E-state index in [1.54, 1.807) is 7.11 Å². The molecule has 3 nitrogen and oxygen atoms in total. The van der Waals surface area contributed by atoms with Crippen LogP contribution in [0.15, 0.2) is 60.3 Å². The van der Waals surface area contributed by atoms with E-state index < -0.39 is 0 Å². The van der Waals surface area contributed by atoms with Crippen molar-refractivity contribution < 1.29 is 9.13 Å². The molecule has 1 aliphatic rings. The second kappa shape index (κ2) is 6.96. The molecule has 2 aromatic carbocycles. The molecule has 0 fully saturated rings. The summed E-state index contributed by atoms with van der Waals surface area (Å²) in [6.45, 7) is 2.13. The minimum Gasteiger partial charge on any atom is -0.497 e. The second-order valence-corrected chi connectivity index (χ2v) is 6.95. The molecule has 26 heavy (non-hydrogen) atoms. The first-order valence-corrected chi connectivity index (χ1v) is 8.94. The minimum absolute atomic E-state index is 0.220. The smallest absolute Gasteiger partial charge is 0.123 e. The van der Waals surface area contributed by atoms with E-state index in [4.69, 9.17) is 4.74 Å². The van der Waals surface area contributed by atoms with E-state index in [-0.39, 0.29) is 5.82 Å². The van der Waals surface area contributed by atoms with E-state index in [2.05, 4.69) is 40.9 Å². The van der Waals surface area contributed by atoms with Gasteiger partial charge in [-0.15, -0.1) is 0 Å². The number of nitrogens with zero attached hydrogens (tertiary/aromatic N) is 2. The summed E-state index contributed by atoms with van der Waals surface area (Å²) < 4.78 is 20.9. The molecule has 1 aliphatic heterocycles. The zero-order valence-corrected chi connectivity index (χ0v) is 15.2. The third-order valence-electron chi connectivity index (χ3n) is 5.03. The number of rotatable bonds is 4. The predicted octanol–water partition coefficient (Wildman–Crippen LogP) is 4.58. The van der Waals surface area contributed by atoms with Crippen LogP contribution in [-0.4, -0.2) is 36.7 Å². The number of fused-ring (bicyclic) bond motifs is 1. The number of likely N-dealkylation sites (N-methyl/N-ethyl adjacent to an activating group) is 1. The van der Waals surface area contributed by atoms with Crippen LogP contribution in [0, 0.1) is 5.82 Å². The SMILES string of the molecule is COc1ccc2c(c1)c(CC1=CCCN(C)C1)cn2-c1ccc(F)cc1. The lowest BCUT2D eigenvalue weighted by atomic mass is 10.0. The van der Waals surface area contributed by atoms with Crippen LogP contribution in [0.1, 0.15) is 12.0 Å². The first kappa shape index (κ1) is 16.9. The van der Waals surface area contributed by atoms with Crippen LogP contribution in [-0.2, 0) is 6.42 Å². The number of methoxy groups -OCH3 is 1. The molecule has 1 aromatic heterocycles. The van der Waals surface area contributed by atoms with Gasteiger partial charge in [0.05, 0.1) is 12.6 Å². The van der Waals surface area contributed by atoms with Crippen molar-refractivity contribution in [2.45, 2.75) is 12.8 Å². The van der Waals surface area contributed by atoms with Gasteiger partial charge >= 0.3 is 0 Å². The largest absolute Gasteiger partial charge is 0.497 e. The fourth-order valence-electron chi connectivity index (χ4n) is 3.71. The summed E-state index contributed by atoms with van der Waals surface area (Å²) in [5.41, 5.74) is 4.78. The van der Waals surface area contributed by atoms with Crippen molar-refractivity contribution in [1.82, 2.24) is 9.47 Å². The van der Waals surface area contributed by atoms with Crippen LogP contribution in [0.5, 0.6) is 5.75 Å². The number of halogens is 1. The summed E-state index contributed by atoms with van der Waals surface area (Å²) >= 11 is 0. The van der Waals surface area contributed by atoms with Crippen LogP contribution in [0.4, 0.5) is 4.39 Å². The Hall–Kier alpha value is -2.59. The van der Waals surface area contributed by atoms with Crippen molar-refractivity contribution in [3.8, 4) is 11.4 Å². The molecule has 0 amide bonds. The lowest BCUT2D eigenvalue weighted by molar-refractivity contribution is 0.352. The Morgan fingerprint density at radius 1 is 1.12 bits per heavy atom. The fourth-order valence-corrected chi connectivity index (χ4v) is 3.71. The maximum atomic E-state index is 13.3. The number of hydrogen-bond donors (Lipinski definition) is 0. The lowest BCUT2D eigenvalue weighted by Gasteiger charge is -2.22. The van der Waals surface area contributed by atoms with Crippen LogP contribution in [0.3, 0.4) is 0 Å². The van der Waals surface area contributed by atoms with Gasteiger partial charge in [0.2, 0.25) is 0 Å². The third-order valence-corrected chi connectivity index (χ3v) is 5.03. The Balaban J connectivity index is 1.80. The summed E-state index contributed by atoms with van der Waals surface area (Å²) in [6.07, 6.45) is 6.56. The lowest BCUT2D eigenvalue weighted by Crippen LogP contribution is -2.26. The first-order chi connectivity index (χ1) is 12.6. The molecule has 0 radical (unpaired) electrons. The summed E-state index contributed by atoms with van der Waals surface area (Å²) in [7, 11) is 3.86. The zero-order chi connectivity index (χ0) is 18.1. The van der Waals surface area contributed by atoms with Crippen LogP contribution in [0.25, 0.3) is 16.6 Å². The quantitative estimate of drug-likeness (QED) is 0.641. The highest BCUT2D eigenvalue weighted by Gasteiger charge is 2.15. The van der Waals surface area contributed by atoms with Gasteiger partial charge in [-0.25, -0.2) is 4.39 Å². The number of aromatic nitrogens is 1. The summed E-state index contributed by atoms with van der Waals surface area (Å²) in [5.74, 6) is 0.632. The van der Waals surface area contributed by atoms with E-state index in [0.717, 1.165) is 42.9 Å². The normalized spacial score (nSPS) is 15.3. The predicted molar refractivity (Wildman–Crippen MR) is 104 cm³/mol. The van der Waals surface area contributed by atoms with E-state index >= 15 is 0 Å². The molecule has 3 aromatic rings. The van der Waals surface area contributed by atoms with Gasteiger partial charge in [0.15, 0.2) is 0 Å². The third kappa shape index (κ3) is 3.25. The molecule has 0 N–H and O–H groups in total. The molecule has 0 unspecified atom stereocenters. The second-order valence-electron chi connectivity index (χ2n) is 6.95. The van der Waals surface area contributed by atoms with Gasteiger partial charge in [-0.3, -0.25) is 0 Å². The minimum atomic E-state index is -0.220. The highest BCUT2D eigenvalue weighted by Crippen LogP contribution is 2.30. The highest BCUT2D eigenvalue weighted by molar-refractivity contribution is 5.87. The van der Waals surface area contributed by atoms with E-state index in [1.807, 2.05) is 18.2 Å². The molecule has 4 rings (SSSR count). The average molecular weight is 350 g/mol. The van der Waals surface area contributed by atoms with Gasteiger partial charge in [0.25, 0.3) is 0 Å². The van der Waals surface area contributed by atoms with Crippen LogP contribution >= 0.6 is 0 Å². The Morgan fingerprint density at radius 3 is 2.65 bits per heavy atom. The van der Waals surface area contributed by atoms with Gasteiger partial charge in [-0.2, -0.15) is 0 Å². The molecule has 0 aliphatic carbocycles. The molecular formula is C22H23FN2O. The number of ether oxygens (including phenoxy) is 1. The van der Waals surface area contributed by atoms with Gasteiger partial charge in [0, 0.05) is 30.4 Å². The summed E-state index contributed by atoms with van der Waals surface area (Å²) in [4.78, 5) is 2.36. The van der Waals surface area contributed by atoms with Crippen molar-refractivity contribution in [2.75, 3.05) is 27.2 Å². The molecule has 0 spiro atoms. The first-order valence-electron chi connectivity index (χ1n) is 8.94. The molecule has 0 saturated carbocycles. The van der Waals surface area contributed by atoms with Crippen LogP contribution < -0.4 is 4.74 Å². The van der Waals surface area contributed by atoms with Crippen molar-refractivity contribution in [1.29, 1.82) is 0 Å². The van der Waals surface area contributed by atoms with Crippen molar-refractivity contribution in [3.05, 3.63) is 71.7 Å². The highest BCUT2D eigenvalue weighted by atomic mass is 19.1. The van der Waals surface area contributed by atoms with Crippen molar-refractivity contribution in [3.63, 3.8) is 0 Å². The van der Waals surface area contributed by atoms with Gasteiger partial charge < -0.3 is 14.2 Å². The van der Waals surface area contributed by atoms with Crippen molar-refractivity contribution >= 4 is 10.9 Å². The van der Waals surface area contributed by atoms with Gasteiger partial charge in [-0.1, -0.05) is 11.6 Å². The Labute approximate surface area is 153 Å². The fraction of sp³-hybridized carbons (Fsp3) is 0.273. The van der Waals surface area contributed by atoms with Gasteiger partial charge in [-0.05, 0) is 67.9 Å². The topological polar surface area (TPSA) is 17.4 Å². The maximum absolute atomic E-state index is 13.3. The monoisotopic (exact) mass is 350 g/mol. The van der Waals surface area contributed by atoms with E-state index in [0.29, 0.717) is 0 Å². The number of benzene rings is 2. The molecule has 2 heterocycles. The van der Waals surface area contributed by atoms with Crippen LogP contribution in [0.2, 0.25) is 0 Å². The Bertz CT molecular complexity index is 956. The molecule has 0 saturated heterocycles. The summed E-state index contributed by atoms with van der Waals surface area (Å²) in [5, 5.41) is 1.18. The zero-order valence-electron chi connectivity index (χ0n) is 15.2. The Kier molecular flexibility index (Phi) is 4.51. The average Bonchev–Trinajstić information content (AvgIpc) is 3.00. The van der Waals surface area contributed by atoms with Gasteiger partial charge in [0.1, 0.15) is 11.6 Å². The number of hydrogen-bond acceptors (Lipinski definition) is 2.